The maximum atomic E-state index is 11.5. The maximum absolute atomic E-state index is 11.5. The third kappa shape index (κ3) is 5.98. The van der Waals surface area contributed by atoms with Crippen molar-refractivity contribution in [2.75, 3.05) is 0 Å². The highest BCUT2D eigenvalue weighted by molar-refractivity contribution is 5.81. The summed E-state index contributed by atoms with van der Waals surface area (Å²) in [6.45, 7) is 0. The SMILES string of the molecule is C[n+]1cccc(-c2ccc(N=C(N)[NH+]=C(N)N)cc2C#CC2=CC[C@H](C(=O)[O-])[C@H](C(=O)[O-])C2)c1. The summed E-state index contributed by atoms with van der Waals surface area (Å²) in [5.41, 5.74) is 19.9. The standard InChI is InChI=1S/C24H24N6O4/c1-30-10-2-3-16(13-30)18-9-7-17(28-24(27)29-23(25)26)12-15(18)6-4-14-5-8-19(21(31)32)20(11-14)22(33)34/h2-3,5,7,9-10,12-13,19-20H,8,11H2,1H3,(H7-,25,26,27,28,29,31,32,33,34)/t19-,20+/m0/s1. The molecule has 0 aliphatic heterocycles. The zero-order valence-electron chi connectivity index (χ0n) is 18.4. The van der Waals surface area contributed by atoms with Gasteiger partial charge >= 0.3 is 5.96 Å². The number of aliphatic carboxylic acids is 2. The highest BCUT2D eigenvalue weighted by atomic mass is 16.4. The summed E-state index contributed by atoms with van der Waals surface area (Å²) in [5.74, 6) is 0.753. The summed E-state index contributed by atoms with van der Waals surface area (Å²) >= 11 is 0. The highest BCUT2D eigenvalue weighted by Crippen LogP contribution is 2.30. The fourth-order valence-electron chi connectivity index (χ4n) is 3.67. The number of nitrogens with two attached hydrogens (primary N) is 3. The highest BCUT2D eigenvalue weighted by Gasteiger charge is 2.27. The fraction of sp³-hybridized carbons (Fsp3) is 0.208. The number of nitrogens with zero attached hydrogens (tertiary/aromatic N) is 2. The minimum absolute atomic E-state index is 0.00196. The molecular formula is C24H24N6O4. The Bertz CT molecular complexity index is 1280. The normalized spacial score (nSPS) is 17.7. The molecule has 1 aliphatic rings. The van der Waals surface area contributed by atoms with Crippen LogP contribution in [0.1, 0.15) is 18.4 Å². The maximum Gasteiger partial charge on any atom is 0.316 e. The molecule has 3 rings (SSSR count). The first-order chi connectivity index (χ1) is 16.1. The number of aliphatic imine (C=N–C) groups is 1. The number of carbonyl (C=O) groups is 2. The number of rotatable bonds is 4. The van der Waals surface area contributed by atoms with Crippen molar-refractivity contribution in [3.63, 3.8) is 0 Å². The summed E-state index contributed by atoms with van der Waals surface area (Å²) < 4.78 is 1.90. The van der Waals surface area contributed by atoms with E-state index in [1.165, 1.54) is 0 Å². The average molecular weight is 460 g/mol. The number of aromatic nitrogens is 1. The lowest BCUT2D eigenvalue weighted by atomic mass is 9.79. The van der Waals surface area contributed by atoms with Gasteiger partial charge in [-0.15, -0.1) is 4.99 Å². The molecule has 1 aromatic carbocycles. The van der Waals surface area contributed by atoms with Gasteiger partial charge in [-0.3, -0.25) is 0 Å². The van der Waals surface area contributed by atoms with Crippen molar-refractivity contribution >= 4 is 29.5 Å². The fourth-order valence-corrected chi connectivity index (χ4v) is 3.67. The van der Waals surface area contributed by atoms with Gasteiger partial charge in [-0.2, -0.15) is 0 Å². The number of aryl methyl sites for hydroxylation is 1. The molecule has 0 amide bonds. The predicted octanol–water partition coefficient (Wildman–Crippen LogP) is -3.72. The lowest BCUT2D eigenvalue weighted by Crippen LogP contribution is -2.84. The minimum atomic E-state index is -1.44. The van der Waals surface area contributed by atoms with Gasteiger partial charge in [0.1, 0.15) is 12.7 Å². The number of pyridine rings is 1. The molecule has 10 heteroatoms. The second-order valence-electron chi connectivity index (χ2n) is 7.84. The Kier molecular flexibility index (Phi) is 7.28. The number of nitrogens with one attached hydrogen (secondary N) is 1. The first-order valence-electron chi connectivity index (χ1n) is 10.4. The second kappa shape index (κ2) is 10.3. The van der Waals surface area contributed by atoms with E-state index in [9.17, 15) is 19.8 Å². The van der Waals surface area contributed by atoms with Crippen LogP contribution in [0.25, 0.3) is 11.1 Å². The second-order valence-corrected chi connectivity index (χ2v) is 7.84. The van der Waals surface area contributed by atoms with Crippen molar-refractivity contribution in [2.45, 2.75) is 12.8 Å². The number of allylic oxidation sites excluding steroid dienone is 2. The smallest absolute Gasteiger partial charge is 0.316 e. The van der Waals surface area contributed by atoms with E-state index in [1.807, 2.05) is 42.2 Å². The third-order valence-corrected chi connectivity index (χ3v) is 5.28. The molecule has 0 spiro atoms. The number of hydrogen-bond acceptors (Lipinski definition) is 5. The van der Waals surface area contributed by atoms with Gasteiger partial charge in [-0.25, -0.2) is 9.56 Å². The van der Waals surface area contributed by atoms with Crippen molar-refractivity contribution in [1.82, 2.24) is 0 Å². The zero-order valence-corrected chi connectivity index (χ0v) is 18.4. The molecular weight excluding hydrogens is 436 g/mol. The van der Waals surface area contributed by atoms with Crippen LogP contribution >= 0.6 is 0 Å². The molecule has 0 radical (unpaired) electrons. The molecule has 1 heterocycles. The van der Waals surface area contributed by atoms with E-state index in [0.717, 1.165) is 11.1 Å². The first kappa shape index (κ1) is 24.0. The Labute approximate surface area is 196 Å². The molecule has 0 saturated heterocycles. The van der Waals surface area contributed by atoms with Crippen LogP contribution in [-0.2, 0) is 16.6 Å². The van der Waals surface area contributed by atoms with E-state index in [2.05, 4.69) is 21.8 Å². The molecule has 1 aliphatic carbocycles. The third-order valence-electron chi connectivity index (χ3n) is 5.28. The van der Waals surface area contributed by atoms with Crippen LogP contribution in [0.15, 0.2) is 59.4 Å². The number of hydrogen-bond donors (Lipinski definition) is 4. The molecule has 174 valence electrons. The minimum Gasteiger partial charge on any atom is -0.550 e. The molecule has 2 aromatic rings. The van der Waals surface area contributed by atoms with Crippen LogP contribution in [0.5, 0.6) is 0 Å². The molecule has 34 heavy (non-hydrogen) atoms. The van der Waals surface area contributed by atoms with Crippen LogP contribution in [0, 0.1) is 23.7 Å². The van der Waals surface area contributed by atoms with Crippen LogP contribution in [-0.4, -0.2) is 23.9 Å². The van der Waals surface area contributed by atoms with Crippen LogP contribution < -0.4 is 37.0 Å². The van der Waals surface area contributed by atoms with Gasteiger partial charge in [0.25, 0.3) is 5.96 Å². The summed E-state index contributed by atoms with van der Waals surface area (Å²) in [6, 6.07) is 9.15. The largest absolute Gasteiger partial charge is 0.550 e. The Morgan fingerprint density at radius 1 is 1.12 bits per heavy atom. The molecule has 0 unspecified atom stereocenters. The van der Waals surface area contributed by atoms with Crippen molar-refractivity contribution in [3.8, 4) is 23.0 Å². The zero-order chi connectivity index (χ0) is 24.8. The number of carboxylic acid groups (broad SMARTS) is 2. The topological polar surface area (TPSA) is 189 Å². The van der Waals surface area contributed by atoms with E-state index in [0.29, 0.717) is 16.8 Å². The van der Waals surface area contributed by atoms with Gasteiger partial charge in [-0.05, 0) is 42.7 Å². The van der Waals surface area contributed by atoms with Gasteiger partial charge in [0.15, 0.2) is 12.4 Å². The Morgan fingerprint density at radius 2 is 1.85 bits per heavy atom. The number of carbonyl (C=O) groups excluding carboxylic acids is 2. The summed E-state index contributed by atoms with van der Waals surface area (Å²) in [5, 5.41) is 22.7. The van der Waals surface area contributed by atoms with Gasteiger partial charge in [0.2, 0.25) is 0 Å². The van der Waals surface area contributed by atoms with E-state index in [-0.39, 0.29) is 24.8 Å². The molecule has 0 fully saturated rings. The summed E-state index contributed by atoms with van der Waals surface area (Å²) in [4.78, 5) is 29.5. The van der Waals surface area contributed by atoms with Crippen molar-refractivity contribution < 1.29 is 29.4 Å². The molecule has 7 N–H and O–H groups in total. The molecule has 2 atom stereocenters. The van der Waals surface area contributed by atoms with E-state index in [4.69, 9.17) is 17.2 Å². The van der Waals surface area contributed by atoms with Gasteiger partial charge < -0.3 is 37.0 Å². The van der Waals surface area contributed by atoms with Crippen molar-refractivity contribution in [2.24, 2.45) is 41.1 Å². The average Bonchev–Trinajstić information content (AvgIpc) is 2.76. The molecule has 1 aromatic heterocycles. The molecule has 0 saturated carbocycles. The van der Waals surface area contributed by atoms with Gasteiger partial charge in [0, 0.05) is 46.5 Å². The van der Waals surface area contributed by atoms with E-state index >= 15 is 0 Å². The van der Waals surface area contributed by atoms with Crippen molar-refractivity contribution in [3.05, 3.63) is 59.9 Å². The molecule has 10 nitrogen and oxygen atoms in total. The first-order valence-corrected chi connectivity index (χ1v) is 10.4. The lowest BCUT2D eigenvalue weighted by molar-refractivity contribution is -0.671. The van der Waals surface area contributed by atoms with Crippen LogP contribution in [0.4, 0.5) is 5.69 Å². The number of benzene rings is 1. The Morgan fingerprint density at radius 3 is 2.50 bits per heavy atom. The van der Waals surface area contributed by atoms with Crippen LogP contribution in [0.3, 0.4) is 0 Å². The van der Waals surface area contributed by atoms with E-state index in [1.54, 1.807) is 18.2 Å². The predicted molar refractivity (Wildman–Crippen MR) is 120 cm³/mol. The molecule has 0 bridgehead atoms. The van der Waals surface area contributed by atoms with Gasteiger partial charge in [-0.1, -0.05) is 17.9 Å². The number of carboxylic acids is 2. The monoisotopic (exact) mass is 460 g/mol. The van der Waals surface area contributed by atoms with Crippen molar-refractivity contribution in [1.29, 1.82) is 0 Å². The number of guanidine groups is 2. The lowest BCUT2D eigenvalue weighted by Gasteiger charge is -2.31. The van der Waals surface area contributed by atoms with Crippen LogP contribution in [0.2, 0.25) is 0 Å². The summed E-state index contributed by atoms with van der Waals surface area (Å²) in [6.07, 6.45) is 5.41. The van der Waals surface area contributed by atoms with Gasteiger partial charge in [0.05, 0.1) is 0 Å². The Hall–Kier alpha value is -4.65. The van der Waals surface area contributed by atoms with E-state index < -0.39 is 23.8 Å². The Balaban J connectivity index is 2.04. The quantitative estimate of drug-likeness (QED) is 0.156. The summed E-state index contributed by atoms with van der Waals surface area (Å²) in [7, 11) is 1.90.